The second-order valence-electron chi connectivity index (χ2n) is 6.44. The first-order chi connectivity index (χ1) is 13.3. The lowest BCUT2D eigenvalue weighted by Gasteiger charge is -2.13. The van der Waals surface area contributed by atoms with Crippen LogP contribution in [-0.2, 0) is 21.2 Å². The van der Waals surface area contributed by atoms with E-state index in [2.05, 4.69) is 15.0 Å². The molecule has 3 rings (SSSR count). The van der Waals surface area contributed by atoms with Gasteiger partial charge in [0, 0.05) is 5.38 Å². The van der Waals surface area contributed by atoms with Crippen molar-refractivity contribution in [2.24, 2.45) is 0 Å². The molecule has 8 heteroatoms. The van der Waals surface area contributed by atoms with Gasteiger partial charge in [-0.3, -0.25) is 9.52 Å². The number of thiazole rings is 1. The Labute approximate surface area is 168 Å². The molecule has 28 heavy (non-hydrogen) atoms. The van der Waals surface area contributed by atoms with Crippen LogP contribution in [0.25, 0.3) is 0 Å². The third kappa shape index (κ3) is 5.17. The second-order valence-corrected chi connectivity index (χ2v) is 8.98. The summed E-state index contributed by atoms with van der Waals surface area (Å²) in [5.74, 6) is -0.172. The number of carbonyl (C=O) groups is 1. The number of aryl methyl sites for hydroxylation is 1. The molecule has 0 spiro atoms. The Morgan fingerprint density at radius 3 is 2.46 bits per heavy atom. The van der Waals surface area contributed by atoms with E-state index in [1.807, 2.05) is 44.2 Å². The zero-order chi connectivity index (χ0) is 20.1. The highest BCUT2D eigenvalue weighted by atomic mass is 32.2. The lowest BCUT2D eigenvalue weighted by Crippen LogP contribution is -2.28. The molecule has 2 aromatic carbocycles. The first-order valence-corrected chi connectivity index (χ1v) is 11.1. The van der Waals surface area contributed by atoms with Gasteiger partial charge in [0.25, 0.3) is 10.0 Å². The summed E-state index contributed by atoms with van der Waals surface area (Å²) in [7, 11) is -3.70. The van der Waals surface area contributed by atoms with Gasteiger partial charge in [-0.15, -0.1) is 11.3 Å². The van der Waals surface area contributed by atoms with Gasteiger partial charge in [-0.2, -0.15) is 0 Å². The topological polar surface area (TPSA) is 88.2 Å². The molecule has 0 aliphatic carbocycles. The van der Waals surface area contributed by atoms with Crippen molar-refractivity contribution in [3.8, 4) is 0 Å². The van der Waals surface area contributed by atoms with E-state index < -0.39 is 10.0 Å². The van der Waals surface area contributed by atoms with Crippen LogP contribution in [0.4, 0.5) is 5.13 Å². The third-order valence-electron chi connectivity index (χ3n) is 4.12. The molecule has 1 atom stereocenters. The molecule has 146 valence electrons. The van der Waals surface area contributed by atoms with Gasteiger partial charge in [0.05, 0.1) is 23.1 Å². The summed E-state index contributed by atoms with van der Waals surface area (Å²) in [6.45, 7) is 3.80. The van der Waals surface area contributed by atoms with Gasteiger partial charge in [-0.25, -0.2) is 13.4 Å². The van der Waals surface area contributed by atoms with Crippen LogP contribution in [0.3, 0.4) is 0 Å². The summed E-state index contributed by atoms with van der Waals surface area (Å²) in [5, 5.41) is 4.84. The molecular formula is C20H21N3O3S2. The molecule has 1 amide bonds. The number of anilines is 1. The van der Waals surface area contributed by atoms with Gasteiger partial charge in [0.15, 0.2) is 5.13 Å². The van der Waals surface area contributed by atoms with Crippen LogP contribution >= 0.6 is 11.3 Å². The normalized spacial score (nSPS) is 12.4. The van der Waals surface area contributed by atoms with E-state index >= 15 is 0 Å². The molecule has 1 heterocycles. The van der Waals surface area contributed by atoms with Gasteiger partial charge < -0.3 is 5.32 Å². The SMILES string of the molecule is Cc1ccc(S(=O)(=O)Nc2nc(CC(=O)N[C@H](C)c3ccccc3)cs2)cc1. The number of carbonyl (C=O) groups excluding carboxylic acids is 1. The lowest BCUT2D eigenvalue weighted by atomic mass is 10.1. The second kappa shape index (κ2) is 8.53. The van der Waals surface area contributed by atoms with Crippen molar-refractivity contribution in [3.05, 3.63) is 76.8 Å². The highest BCUT2D eigenvalue weighted by Gasteiger charge is 2.17. The van der Waals surface area contributed by atoms with Crippen molar-refractivity contribution in [2.45, 2.75) is 31.2 Å². The highest BCUT2D eigenvalue weighted by Crippen LogP contribution is 2.21. The van der Waals surface area contributed by atoms with Crippen molar-refractivity contribution in [1.29, 1.82) is 0 Å². The van der Waals surface area contributed by atoms with Gasteiger partial charge >= 0.3 is 0 Å². The van der Waals surface area contributed by atoms with Crippen LogP contribution in [0.15, 0.2) is 64.9 Å². The number of hydrogen-bond acceptors (Lipinski definition) is 5. The minimum atomic E-state index is -3.70. The van der Waals surface area contributed by atoms with E-state index in [0.717, 1.165) is 22.5 Å². The maximum atomic E-state index is 12.4. The molecule has 1 aromatic heterocycles. The molecule has 0 saturated heterocycles. The number of nitrogens with one attached hydrogen (secondary N) is 2. The Bertz CT molecular complexity index is 1050. The number of aromatic nitrogens is 1. The molecule has 0 unspecified atom stereocenters. The fraction of sp³-hybridized carbons (Fsp3) is 0.200. The van der Waals surface area contributed by atoms with E-state index in [-0.39, 0.29) is 28.4 Å². The number of hydrogen-bond donors (Lipinski definition) is 2. The summed E-state index contributed by atoms with van der Waals surface area (Å²) < 4.78 is 27.3. The van der Waals surface area contributed by atoms with Crippen molar-refractivity contribution in [1.82, 2.24) is 10.3 Å². The summed E-state index contributed by atoms with van der Waals surface area (Å²) in [6, 6.07) is 16.1. The van der Waals surface area contributed by atoms with Crippen molar-refractivity contribution in [3.63, 3.8) is 0 Å². The van der Waals surface area contributed by atoms with Crippen LogP contribution in [0, 0.1) is 6.92 Å². The van der Waals surface area contributed by atoms with Crippen LogP contribution in [0.5, 0.6) is 0 Å². The van der Waals surface area contributed by atoms with Crippen LogP contribution in [0.1, 0.15) is 29.8 Å². The predicted molar refractivity (Wildman–Crippen MR) is 111 cm³/mol. The van der Waals surface area contributed by atoms with E-state index in [1.54, 1.807) is 29.6 Å². The fourth-order valence-corrected chi connectivity index (χ4v) is 4.57. The largest absolute Gasteiger partial charge is 0.349 e. The van der Waals surface area contributed by atoms with Gasteiger partial charge in [0.2, 0.25) is 5.91 Å². The molecule has 0 aliphatic heterocycles. The van der Waals surface area contributed by atoms with Crippen molar-refractivity contribution in [2.75, 3.05) is 4.72 Å². The van der Waals surface area contributed by atoms with Crippen molar-refractivity contribution < 1.29 is 13.2 Å². The zero-order valence-electron chi connectivity index (χ0n) is 15.5. The average molecular weight is 416 g/mol. The molecule has 0 radical (unpaired) electrons. The minimum absolute atomic E-state index is 0.0833. The Morgan fingerprint density at radius 2 is 1.79 bits per heavy atom. The van der Waals surface area contributed by atoms with Crippen molar-refractivity contribution >= 4 is 32.4 Å². The van der Waals surface area contributed by atoms with Crippen LogP contribution in [-0.4, -0.2) is 19.3 Å². The Morgan fingerprint density at radius 1 is 1.11 bits per heavy atom. The zero-order valence-corrected chi connectivity index (χ0v) is 17.2. The first-order valence-electron chi connectivity index (χ1n) is 8.72. The smallest absolute Gasteiger partial charge is 0.263 e. The highest BCUT2D eigenvalue weighted by molar-refractivity contribution is 7.93. The Kier molecular flexibility index (Phi) is 6.11. The fourth-order valence-electron chi connectivity index (χ4n) is 2.61. The number of rotatable bonds is 7. The molecule has 2 N–H and O–H groups in total. The number of benzene rings is 2. The van der Waals surface area contributed by atoms with E-state index in [4.69, 9.17) is 0 Å². The third-order valence-corrected chi connectivity index (χ3v) is 6.41. The maximum Gasteiger partial charge on any atom is 0.263 e. The summed E-state index contributed by atoms with van der Waals surface area (Å²) in [6.07, 6.45) is 0.0833. The quantitative estimate of drug-likeness (QED) is 0.616. The maximum absolute atomic E-state index is 12.4. The number of nitrogens with zero attached hydrogens (tertiary/aromatic N) is 1. The van der Waals surface area contributed by atoms with Gasteiger partial charge in [0.1, 0.15) is 0 Å². The van der Waals surface area contributed by atoms with E-state index in [0.29, 0.717) is 5.69 Å². The molecule has 0 bridgehead atoms. The Hall–Kier alpha value is -2.71. The molecular weight excluding hydrogens is 394 g/mol. The average Bonchev–Trinajstić information content (AvgIpc) is 3.08. The summed E-state index contributed by atoms with van der Waals surface area (Å²) >= 11 is 1.15. The van der Waals surface area contributed by atoms with Gasteiger partial charge in [-0.1, -0.05) is 48.0 Å². The number of sulfonamides is 1. The van der Waals surface area contributed by atoms with E-state index in [9.17, 15) is 13.2 Å². The van der Waals surface area contributed by atoms with E-state index in [1.165, 1.54) is 0 Å². The number of amides is 1. The first kappa shape index (κ1) is 20.0. The monoisotopic (exact) mass is 415 g/mol. The van der Waals surface area contributed by atoms with Gasteiger partial charge in [-0.05, 0) is 31.5 Å². The predicted octanol–water partition coefficient (Wildman–Crippen LogP) is 3.67. The van der Waals surface area contributed by atoms with Crippen LogP contribution < -0.4 is 10.0 Å². The molecule has 0 saturated carbocycles. The minimum Gasteiger partial charge on any atom is -0.349 e. The Balaban J connectivity index is 1.60. The lowest BCUT2D eigenvalue weighted by molar-refractivity contribution is -0.121. The molecule has 0 aliphatic rings. The summed E-state index contributed by atoms with van der Waals surface area (Å²) in [4.78, 5) is 16.7. The van der Waals surface area contributed by atoms with Crippen LogP contribution in [0.2, 0.25) is 0 Å². The molecule has 3 aromatic rings. The molecule has 0 fully saturated rings. The standard InChI is InChI=1S/C20H21N3O3S2/c1-14-8-10-18(11-9-14)28(25,26)23-20-22-17(13-27-20)12-19(24)21-15(2)16-6-4-3-5-7-16/h3-11,13,15H,12H2,1-2H3,(H,21,24)(H,22,23)/t15-/m1/s1. The summed E-state index contributed by atoms with van der Waals surface area (Å²) in [5.41, 5.74) is 2.51. The molecule has 6 nitrogen and oxygen atoms in total.